The number of benzene rings is 1. The molecule has 1 aliphatic heterocycles. The smallest absolute Gasteiger partial charge is 0.323 e. The summed E-state index contributed by atoms with van der Waals surface area (Å²) in [5.74, 6) is -0.182. The maximum Gasteiger partial charge on any atom is 0.323 e. The molecule has 0 saturated carbocycles. The fourth-order valence-electron chi connectivity index (χ4n) is 2.28. The van der Waals surface area contributed by atoms with Crippen LogP contribution >= 0.6 is 23.2 Å². The van der Waals surface area contributed by atoms with Crippen LogP contribution in [0.25, 0.3) is 0 Å². The van der Waals surface area contributed by atoms with Crippen LogP contribution in [-0.4, -0.2) is 30.6 Å². The highest BCUT2D eigenvalue weighted by Gasteiger charge is 2.38. The van der Waals surface area contributed by atoms with Crippen LogP contribution in [0.5, 0.6) is 0 Å². The van der Waals surface area contributed by atoms with E-state index in [1.165, 1.54) is 7.11 Å². The molecule has 0 aromatic heterocycles. The summed E-state index contributed by atoms with van der Waals surface area (Å²) in [7, 11) is 1.42. The Hall–Kier alpha value is -0.770. The standard InChI is InChI=1S/C13H15Cl2NO2/c1-8(10-4-3-9(14)7-11(10)15)16-6-5-12(16)13(17)18-2/h3-4,7-8,12H,5-6H2,1-2H3/t8-,12?/m1/s1. The number of methoxy groups -OCH3 is 1. The van der Waals surface area contributed by atoms with Crippen molar-refractivity contribution in [1.29, 1.82) is 0 Å². The van der Waals surface area contributed by atoms with Crippen molar-refractivity contribution in [1.82, 2.24) is 4.90 Å². The van der Waals surface area contributed by atoms with Gasteiger partial charge in [-0.1, -0.05) is 29.3 Å². The van der Waals surface area contributed by atoms with E-state index in [1.54, 1.807) is 6.07 Å². The van der Waals surface area contributed by atoms with Crippen LogP contribution in [0, 0.1) is 0 Å². The lowest BCUT2D eigenvalue weighted by Gasteiger charge is -2.43. The van der Waals surface area contributed by atoms with E-state index in [-0.39, 0.29) is 18.1 Å². The van der Waals surface area contributed by atoms with Gasteiger partial charge in [0.2, 0.25) is 0 Å². The summed E-state index contributed by atoms with van der Waals surface area (Å²) in [5, 5.41) is 1.24. The molecule has 1 saturated heterocycles. The van der Waals surface area contributed by atoms with Crippen LogP contribution in [0.4, 0.5) is 0 Å². The number of carbonyl (C=O) groups is 1. The Bertz CT molecular complexity index is 464. The lowest BCUT2D eigenvalue weighted by Crippen LogP contribution is -2.53. The molecule has 2 rings (SSSR count). The number of halogens is 2. The lowest BCUT2D eigenvalue weighted by atomic mass is 9.96. The van der Waals surface area contributed by atoms with Crippen LogP contribution in [0.15, 0.2) is 18.2 Å². The second-order valence-electron chi connectivity index (χ2n) is 4.41. The molecule has 1 aliphatic rings. The molecule has 5 heteroatoms. The van der Waals surface area contributed by atoms with Gasteiger partial charge < -0.3 is 4.74 Å². The van der Waals surface area contributed by atoms with Gasteiger partial charge in [0.15, 0.2) is 0 Å². The summed E-state index contributed by atoms with van der Waals surface area (Å²) >= 11 is 12.1. The molecule has 0 radical (unpaired) electrons. The number of hydrogen-bond acceptors (Lipinski definition) is 3. The summed E-state index contributed by atoms with van der Waals surface area (Å²) in [4.78, 5) is 13.6. The predicted octanol–water partition coefficient (Wildman–Crippen LogP) is 3.30. The van der Waals surface area contributed by atoms with Crippen molar-refractivity contribution >= 4 is 29.2 Å². The van der Waals surface area contributed by atoms with E-state index in [0.29, 0.717) is 10.0 Å². The van der Waals surface area contributed by atoms with Gasteiger partial charge in [-0.2, -0.15) is 0 Å². The minimum Gasteiger partial charge on any atom is -0.468 e. The van der Waals surface area contributed by atoms with Crippen LogP contribution in [-0.2, 0) is 9.53 Å². The maximum atomic E-state index is 11.6. The molecular formula is C13H15Cl2NO2. The SMILES string of the molecule is COC(=O)C1CCN1[C@H](C)c1ccc(Cl)cc1Cl. The Morgan fingerprint density at radius 3 is 2.72 bits per heavy atom. The minimum atomic E-state index is -0.182. The van der Waals surface area contributed by atoms with Crippen molar-refractivity contribution in [3.63, 3.8) is 0 Å². The molecule has 2 atom stereocenters. The third kappa shape index (κ3) is 2.48. The monoisotopic (exact) mass is 287 g/mol. The fourth-order valence-corrected chi connectivity index (χ4v) is 2.85. The molecule has 1 aromatic rings. The third-order valence-corrected chi connectivity index (χ3v) is 4.01. The van der Waals surface area contributed by atoms with E-state index in [9.17, 15) is 4.79 Å². The van der Waals surface area contributed by atoms with Crippen molar-refractivity contribution < 1.29 is 9.53 Å². The Kier molecular flexibility index (Phi) is 4.15. The van der Waals surface area contributed by atoms with Crippen molar-refractivity contribution in [3.05, 3.63) is 33.8 Å². The Morgan fingerprint density at radius 1 is 1.50 bits per heavy atom. The number of carbonyl (C=O) groups excluding carboxylic acids is 1. The van der Waals surface area contributed by atoms with E-state index in [2.05, 4.69) is 4.90 Å². The van der Waals surface area contributed by atoms with Gasteiger partial charge in [-0.3, -0.25) is 9.69 Å². The molecule has 98 valence electrons. The van der Waals surface area contributed by atoms with Crippen molar-refractivity contribution in [2.24, 2.45) is 0 Å². The Balaban J connectivity index is 2.16. The topological polar surface area (TPSA) is 29.5 Å². The molecular weight excluding hydrogens is 273 g/mol. The second-order valence-corrected chi connectivity index (χ2v) is 5.25. The van der Waals surface area contributed by atoms with E-state index in [4.69, 9.17) is 27.9 Å². The van der Waals surface area contributed by atoms with Gasteiger partial charge in [-0.15, -0.1) is 0 Å². The van der Waals surface area contributed by atoms with Crippen LogP contribution in [0.3, 0.4) is 0 Å². The van der Waals surface area contributed by atoms with Crippen molar-refractivity contribution in [2.75, 3.05) is 13.7 Å². The number of hydrogen-bond donors (Lipinski definition) is 0. The third-order valence-electron chi connectivity index (χ3n) is 3.44. The molecule has 18 heavy (non-hydrogen) atoms. The van der Waals surface area contributed by atoms with Crippen LogP contribution in [0.2, 0.25) is 10.0 Å². The first-order valence-corrected chi connectivity index (χ1v) is 6.58. The molecule has 0 bridgehead atoms. The number of likely N-dealkylation sites (tertiary alicyclic amines) is 1. The van der Waals surface area contributed by atoms with Gasteiger partial charge in [0.05, 0.1) is 7.11 Å². The van der Waals surface area contributed by atoms with E-state index in [1.807, 2.05) is 19.1 Å². The molecule has 0 N–H and O–H groups in total. The number of rotatable bonds is 3. The van der Waals surface area contributed by atoms with Crippen molar-refractivity contribution in [3.8, 4) is 0 Å². The van der Waals surface area contributed by atoms with Gasteiger partial charge in [-0.05, 0) is 31.0 Å². The Labute approximate surface area is 117 Å². The Morgan fingerprint density at radius 2 is 2.22 bits per heavy atom. The number of ether oxygens (including phenoxy) is 1. The first kappa shape index (κ1) is 13.7. The van der Waals surface area contributed by atoms with E-state index < -0.39 is 0 Å². The first-order valence-electron chi connectivity index (χ1n) is 5.83. The summed E-state index contributed by atoms with van der Waals surface area (Å²) < 4.78 is 4.79. The number of nitrogens with zero attached hydrogens (tertiary/aromatic N) is 1. The molecule has 0 spiro atoms. The molecule has 3 nitrogen and oxygen atoms in total. The normalized spacial score (nSPS) is 21.2. The molecule has 0 aliphatic carbocycles. The zero-order valence-electron chi connectivity index (χ0n) is 10.3. The van der Waals surface area contributed by atoms with Gasteiger partial charge in [-0.25, -0.2) is 0 Å². The fraction of sp³-hybridized carbons (Fsp3) is 0.462. The van der Waals surface area contributed by atoms with Crippen LogP contribution < -0.4 is 0 Å². The summed E-state index contributed by atoms with van der Waals surface area (Å²) in [6.45, 7) is 2.91. The first-order chi connectivity index (χ1) is 8.54. The maximum absolute atomic E-state index is 11.6. The minimum absolute atomic E-state index is 0.0765. The molecule has 1 unspecified atom stereocenters. The molecule has 1 heterocycles. The second kappa shape index (κ2) is 5.47. The van der Waals surface area contributed by atoms with Crippen LogP contribution in [0.1, 0.15) is 24.9 Å². The van der Waals surface area contributed by atoms with E-state index in [0.717, 1.165) is 18.5 Å². The average molecular weight is 288 g/mol. The largest absolute Gasteiger partial charge is 0.468 e. The predicted molar refractivity (Wildman–Crippen MR) is 72.0 cm³/mol. The van der Waals surface area contributed by atoms with Gasteiger partial charge in [0, 0.05) is 22.6 Å². The zero-order chi connectivity index (χ0) is 13.3. The summed E-state index contributed by atoms with van der Waals surface area (Å²) in [6.07, 6.45) is 0.836. The zero-order valence-corrected chi connectivity index (χ0v) is 11.8. The quantitative estimate of drug-likeness (QED) is 0.799. The highest BCUT2D eigenvalue weighted by Crippen LogP contribution is 2.35. The van der Waals surface area contributed by atoms with Gasteiger partial charge >= 0.3 is 5.97 Å². The van der Waals surface area contributed by atoms with E-state index >= 15 is 0 Å². The van der Waals surface area contributed by atoms with Crippen molar-refractivity contribution in [2.45, 2.75) is 25.4 Å². The highest BCUT2D eigenvalue weighted by molar-refractivity contribution is 6.35. The lowest BCUT2D eigenvalue weighted by molar-refractivity contribution is -0.153. The van der Waals surface area contributed by atoms with Gasteiger partial charge in [0.1, 0.15) is 6.04 Å². The molecule has 0 amide bonds. The van der Waals surface area contributed by atoms with Gasteiger partial charge in [0.25, 0.3) is 0 Å². The summed E-state index contributed by atoms with van der Waals surface area (Å²) in [5.41, 5.74) is 0.981. The molecule has 1 aromatic carbocycles. The number of esters is 1. The average Bonchev–Trinajstić information content (AvgIpc) is 2.27. The highest BCUT2D eigenvalue weighted by atomic mass is 35.5. The molecule has 1 fully saturated rings. The summed E-state index contributed by atoms with van der Waals surface area (Å²) in [6, 6.07) is 5.36.